The molecule has 2 N–H and O–H groups in total. The number of aliphatic carboxylic acids is 1. The number of hydrogen-bond donors (Lipinski definition) is 2. The highest BCUT2D eigenvalue weighted by atomic mass is 32.1. The van der Waals surface area contributed by atoms with E-state index in [9.17, 15) is 4.79 Å². The highest BCUT2D eigenvalue weighted by molar-refractivity contribution is 7.15. The Kier molecular flexibility index (Phi) is 7.15. The van der Waals surface area contributed by atoms with Gasteiger partial charge in [-0.3, -0.25) is 4.79 Å². The van der Waals surface area contributed by atoms with E-state index in [-0.39, 0.29) is 6.42 Å². The number of aromatic nitrogens is 2. The molecule has 4 aromatic rings. The minimum Gasteiger partial charge on any atom is -0.481 e. The Morgan fingerprint density at radius 3 is 2.33 bits per heavy atom. The molecule has 0 bridgehead atoms. The third-order valence-corrected chi connectivity index (χ3v) is 6.54. The number of carboxylic acid groups (broad SMARTS) is 1. The molecule has 5 nitrogen and oxygen atoms in total. The number of benzene rings is 2. The minimum absolute atomic E-state index is 0.0157. The third kappa shape index (κ3) is 5.65. The summed E-state index contributed by atoms with van der Waals surface area (Å²) in [5.74, 6) is 0.710. The van der Waals surface area contributed by atoms with E-state index >= 15 is 0 Å². The Bertz CT molecular complexity index is 1230. The van der Waals surface area contributed by atoms with Gasteiger partial charge in [0.05, 0.1) is 11.3 Å². The van der Waals surface area contributed by atoms with Crippen molar-refractivity contribution in [3.05, 3.63) is 94.0 Å². The molecule has 2 aromatic carbocycles. The second-order valence-electron chi connectivity index (χ2n) is 7.85. The van der Waals surface area contributed by atoms with Crippen LogP contribution in [0.2, 0.25) is 0 Å². The zero-order valence-electron chi connectivity index (χ0n) is 18.8. The average Bonchev–Trinajstić information content (AvgIpc) is 3.28. The van der Waals surface area contributed by atoms with Crippen LogP contribution in [0, 0.1) is 0 Å². The first-order valence-corrected chi connectivity index (χ1v) is 12.0. The molecule has 0 spiro atoms. The number of nitrogens with zero attached hydrogens (tertiary/aromatic N) is 2. The zero-order valence-corrected chi connectivity index (χ0v) is 19.7. The minimum atomic E-state index is -0.834. The summed E-state index contributed by atoms with van der Waals surface area (Å²) in [6.07, 6.45) is 2.56. The highest BCUT2D eigenvalue weighted by Crippen LogP contribution is 2.31. The fourth-order valence-corrected chi connectivity index (χ4v) is 4.79. The van der Waals surface area contributed by atoms with Crippen LogP contribution in [0.25, 0.3) is 10.7 Å². The van der Waals surface area contributed by atoms with Crippen LogP contribution in [-0.4, -0.2) is 21.0 Å². The lowest BCUT2D eigenvalue weighted by Crippen LogP contribution is -2.07. The Morgan fingerprint density at radius 2 is 1.67 bits per heavy atom. The summed E-state index contributed by atoms with van der Waals surface area (Å²) >= 11 is 1.73. The molecular formula is C27H27N3O2S. The molecule has 0 atom stereocenters. The average molecular weight is 458 g/mol. The van der Waals surface area contributed by atoms with Crippen LogP contribution in [0.4, 0.5) is 11.5 Å². The van der Waals surface area contributed by atoms with Gasteiger partial charge in [0.25, 0.3) is 0 Å². The van der Waals surface area contributed by atoms with Crippen molar-refractivity contribution in [2.75, 3.05) is 5.32 Å². The highest BCUT2D eigenvalue weighted by Gasteiger charge is 2.15. The van der Waals surface area contributed by atoms with E-state index in [0.717, 1.165) is 58.3 Å². The maximum atomic E-state index is 10.9. The lowest BCUT2D eigenvalue weighted by molar-refractivity contribution is -0.136. The van der Waals surface area contributed by atoms with Gasteiger partial charge in [-0.15, -0.1) is 11.3 Å². The summed E-state index contributed by atoms with van der Waals surface area (Å²) in [6.45, 7) is 4.23. The molecule has 0 unspecified atom stereocenters. The predicted octanol–water partition coefficient (Wildman–Crippen LogP) is 6.29. The van der Waals surface area contributed by atoms with E-state index in [1.54, 1.807) is 11.3 Å². The number of rotatable bonds is 9. The van der Waals surface area contributed by atoms with Gasteiger partial charge in [0.15, 0.2) is 5.82 Å². The maximum absolute atomic E-state index is 10.9. The topological polar surface area (TPSA) is 75.1 Å². The van der Waals surface area contributed by atoms with E-state index in [2.05, 4.69) is 55.6 Å². The second-order valence-corrected chi connectivity index (χ2v) is 9.02. The number of aryl methyl sites for hydroxylation is 1. The van der Waals surface area contributed by atoms with Crippen molar-refractivity contribution < 1.29 is 9.90 Å². The summed E-state index contributed by atoms with van der Waals surface area (Å²) in [5.41, 5.74) is 5.09. The van der Waals surface area contributed by atoms with E-state index in [0.29, 0.717) is 0 Å². The SMILES string of the molecule is CCc1nc(-c2ccc(Cc3ccccc3)s2)nc(Nc2ccc(CC(=O)O)cc2)c1CC. The standard InChI is InChI=1S/C27H27N3O2S/c1-3-22-23(4-2)29-27(24-15-14-21(33-24)16-18-8-6-5-7-9-18)30-26(22)28-20-12-10-19(11-13-20)17-25(31)32/h5-15H,3-4,16-17H2,1-2H3,(H,31,32)(H,28,29,30). The van der Waals surface area contributed by atoms with Crippen LogP contribution in [0.3, 0.4) is 0 Å². The Labute approximate surface area is 198 Å². The van der Waals surface area contributed by atoms with Crippen molar-refractivity contribution in [1.29, 1.82) is 0 Å². The van der Waals surface area contributed by atoms with Gasteiger partial charge in [-0.25, -0.2) is 9.97 Å². The molecule has 0 amide bonds. The molecule has 33 heavy (non-hydrogen) atoms. The molecular weight excluding hydrogens is 430 g/mol. The summed E-state index contributed by atoms with van der Waals surface area (Å²) in [5, 5.41) is 12.4. The first-order valence-electron chi connectivity index (χ1n) is 11.2. The van der Waals surface area contributed by atoms with Gasteiger partial charge < -0.3 is 10.4 Å². The molecule has 2 aromatic heterocycles. The zero-order chi connectivity index (χ0) is 23.2. The number of carboxylic acids is 1. The monoisotopic (exact) mass is 457 g/mol. The van der Waals surface area contributed by atoms with Gasteiger partial charge in [0, 0.05) is 28.2 Å². The lowest BCUT2D eigenvalue weighted by Gasteiger charge is -2.15. The summed E-state index contributed by atoms with van der Waals surface area (Å²) < 4.78 is 0. The molecule has 168 valence electrons. The maximum Gasteiger partial charge on any atom is 0.307 e. The summed E-state index contributed by atoms with van der Waals surface area (Å²) in [6, 6.07) is 22.2. The first kappa shape index (κ1) is 22.7. The molecule has 6 heteroatoms. The fourth-order valence-electron chi connectivity index (χ4n) is 3.82. The van der Waals surface area contributed by atoms with Crippen molar-refractivity contribution >= 4 is 28.8 Å². The second kappa shape index (κ2) is 10.4. The van der Waals surface area contributed by atoms with Gasteiger partial charge in [-0.1, -0.05) is 56.3 Å². The van der Waals surface area contributed by atoms with Crippen molar-refractivity contribution in [2.45, 2.75) is 39.5 Å². The van der Waals surface area contributed by atoms with Gasteiger partial charge in [-0.05, 0) is 48.2 Å². The number of thiophene rings is 1. The van der Waals surface area contributed by atoms with E-state index in [1.807, 2.05) is 30.3 Å². The van der Waals surface area contributed by atoms with Gasteiger partial charge in [0.2, 0.25) is 0 Å². The fraction of sp³-hybridized carbons (Fsp3) is 0.222. The number of hydrogen-bond acceptors (Lipinski definition) is 5. The van der Waals surface area contributed by atoms with Gasteiger partial charge in [0.1, 0.15) is 5.82 Å². The lowest BCUT2D eigenvalue weighted by atomic mass is 10.1. The molecule has 0 radical (unpaired) electrons. The Morgan fingerprint density at radius 1 is 0.909 bits per heavy atom. The van der Waals surface area contributed by atoms with Gasteiger partial charge in [-0.2, -0.15) is 0 Å². The molecule has 0 fully saturated rings. The number of anilines is 2. The molecule has 4 rings (SSSR count). The first-order chi connectivity index (χ1) is 16.1. The van der Waals surface area contributed by atoms with Crippen molar-refractivity contribution in [2.24, 2.45) is 0 Å². The van der Waals surface area contributed by atoms with Crippen LogP contribution in [-0.2, 0) is 30.5 Å². The van der Waals surface area contributed by atoms with E-state index in [1.165, 1.54) is 10.4 Å². The van der Waals surface area contributed by atoms with Gasteiger partial charge >= 0.3 is 5.97 Å². The molecule has 0 aliphatic carbocycles. The Balaban J connectivity index is 1.62. The van der Waals surface area contributed by atoms with Crippen LogP contribution in [0.5, 0.6) is 0 Å². The number of carbonyl (C=O) groups is 1. The third-order valence-electron chi connectivity index (χ3n) is 5.46. The summed E-state index contributed by atoms with van der Waals surface area (Å²) in [7, 11) is 0. The van der Waals surface area contributed by atoms with Crippen molar-refractivity contribution in [1.82, 2.24) is 9.97 Å². The van der Waals surface area contributed by atoms with Crippen LogP contribution in [0.15, 0.2) is 66.7 Å². The normalized spacial score (nSPS) is 10.8. The van der Waals surface area contributed by atoms with Crippen molar-refractivity contribution in [3.8, 4) is 10.7 Å². The molecule has 0 aliphatic rings. The van der Waals surface area contributed by atoms with Crippen LogP contribution >= 0.6 is 11.3 Å². The largest absolute Gasteiger partial charge is 0.481 e. The molecule has 0 aliphatic heterocycles. The Hall–Kier alpha value is -3.51. The van der Waals surface area contributed by atoms with E-state index in [4.69, 9.17) is 15.1 Å². The molecule has 0 saturated heterocycles. The van der Waals surface area contributed by atoms with E-state index < -0.39 is 5.97 Å². The number of nitrogens with one attached hydrogen (secondary N) is 1. The molecule has 0 saturated carbocycles. The molecule has 2 heterocycles. The van der Waals surface area contributed by atoms with Crippen molar-refractivity contribution in [3.63, 3.8) is 0 Å². The summed E-state index contributed by atoms with van der Waals surface area (Å²) in [4.78, 5) is 23.1. The van der Waals surface area contributed by atoms with Crippen LogP contribution in [0.1, 0.15) is 41.1 Å². The smallest absolute Gasteiger partial charge is 0.307 e. The van der Waals surface area contributed by atoms with Crippen LogP contribution < -0.4 is 5.32 Å². The predicted molar refractivity (Wildman–Crippen MR) is 134 cm³/mol. The quantitative estimate of drug-likeness (QED) is 0.309.